The summed E-state index contributed by atoms with van der Waals surface area (Å²) in [5.74, 6) is 0.336. The molecule has 0 aliphatic carbocycles. The number of nitrogens with one attached hydrogen (secondary N) is 1. The highest BCUT2D eigenvalue weighted by molar-refractivity contribution is 5.93. The summed E-state index contributed by atoms with van der Waals surface area (Å²) in [7, 11) is 0. The van der Waals surface area contributed by atoms with Crippen LogP contribution >= 0.6 is 0 Å². The van der Waals surface area contributed by atoms with E-state index >= 15 is 0 Å². The molecular formula is C16H23N5O2. The third kappa shape index (κ3) is 3.61. The Labute approximate surface area is 135 Å². The lowest BCUT2D eigenvalue weighted by Gasteiger charge is -2.29. The average Bonchev–Trinajstić information content (AvgIpc) is 3.22. The fourth-order valence-corrected chi connectivity index (χ4v) is 3.15. The third-order valence-corrected chi connectivity index (χ3v) is 4.33. The van der Waals surface area contributed by atoms with Crippen molar-refractivity contribution in [2.45, 2.75) is 52.2 Å². The second-order valence-electron chi connectivity index (χ2n) is 6.27. The Bertz CT molecular complexity index is 678. The second-order valence-corrected chi connectivity index (χ2v) is 6.27. The van der Waals surface area contributed by atoms with Gasteiger partial charge in [-0.2, -0.15) is 5.10 Å². The molecule has 2 aromatic rings. The van der Waals surface area contributed by atoms with Crippen LogP contribution in [-0.4, -0.2) is 44.4 Å². The number of anilines is 1. The highest BCUT2D eigenvalue weighted by Gasteiger charge is 2.32. The predicted molar refractivity (Wildman–Crippen MR) is 86.0 cm³/mol. The number of amides is 1. The molecule has 0 saturated carbocycles. The van der Waals surface area contributed by atoms with Gasteiger partial charge in [-0.25, -0.2) is 0 Å². The molecule has 1 amide bonds. The first-order valence-corrected chi connectivity index (χ1v) is 8.02. The number of rotatable bonds is 5. The molecule has 3 heterocycles. The lowest BCUT2D eigenvalue weighted by Crippen LogP contribution is -2.46. The molecule has 1 aliphatic heterocycles. The van der Waals surface area contributed by atoms with E-state index in [-0.39, 0.29) is 11.9 Å². The van der Waals surface area contributed by atoms with Gasteiger partial charge in [0.15, 0.2) is 0 Å². The average molecular weight is 317 g/mol. The van der Waals surface area contributed by atoms with Crippen LogP contribution in [0.3, 0.4) is 0 Å². The molecule has 0 bridgehead atoms. The fraction of sp³-hybridized carbons (Fsp3) is 0.562. The van der Waals surface area contributed by atoms with Gasteiger partial charge < -0.3 is 4.52 Å². The summed E-state index contributed by atoms with van der Waals surface area (Å²) in [5.41, 5.74) is 1.90. The molecule has 0 spiro atoms. The largest absolute Gasteiger partial charge is 0.338 e. The van der Waals surface area contributed by atoms with Gasteiger partial charge in [0.1, 0.15) is 0 Å². The first kappa shape index (κ1) is 15.7. The van der Waals surface area contributed by atoms with E-state index in [0.29, 0.717) is 11.9 Å². The van der Waals surface area contributed by atoms with E-state index in [9.17, 15) is 4.79 Å². The quantitative estimate of drug-likeness (QED) is 0.912. The van der Waals surface area contributed by atoms with Gasteiger partial charge in [0, 0.05) is 18.3 Å². The molecule has 2 atom stereocenters. The maximum absolute atomic E-state index is 12.4. The molecule has 0 radical (unpaired) electrons. The Morgan fingerprint density at radius 3 is 3.00 bits per heavy atom. The zero-order valence-corrected chi connectivity index (χ0v) is 13.8. The molecule has 1 fully saturated rings. The first-order valence-electron chi connectivity index (χ1n) is 8.02. The summed E-state index contributed by atoms with van der Waals surface area (Å²) >= 11 is 0. The number of carbonyl (C=O) groups excluding carboxylic acids is 1. The van der Waals surface area contributed by atoms with Gasteiger partial charge in [-0.05, 0) is 45.7 Å². The fourth-order valence-electron chi connectivity index (χ4n) is 3.15. The number of likely N-dealkylation sites (tertiary alicyclic amines) is 1. The molecule has 1 aliphatic rings. The van der Waals surface area contributed by atoms with Crippen LogP contribution in [0.4, 0.5) is 5.88 Å². The molecule has 1 saturated heterocycles. The van der Waals surface area contributed by atoms with E-state index in [1.807, 2.05) is 37.8 Å². The van der Waals surface area contributed by atoms with E-state index in [1.54, 1.807) is 6.07 Å². The normalized spacial score (nSPS) is 19.9. The van der Waals surface area contributed by atoms with Gasteiger partial charge in [0.25, 0.3) is 0 Å². The van der Waals surface area contributed by atoms with E-state index in [1.165, 1.54) is 0 Å². The maximum atomic E-state index is 12.4. The second kappa shape index (κ2) is 6.54. The minimum absolute atomic E-state index is 0.0651. The van der Waals surface area contributed by atoms with Crippen LogP contribution in [-0.2, 0) is 11.3 Å². The van der Waals surface area contributed by atoms with Crippen molar-refractivity contribution in [1.29, 1.82) is 0 Å². The molecule has 2 aromatic heterocycles. The number of hydrogen-bond acceptors (Lipinski definition) is 5. The lowest BCUT2D eigenvalue weighted by atomic mass is 10.2. The predicted octanol–water partition coefficient (Wildman–Crippen LogP) is 1.98. The van der Waals surface area contributed by atoms with Gasteiger partial charge in [-0.3, -0.25) is 19.7 Å². The van der Waals surface area contributed by atoms with Crippen LogP contribution in [0.1, 0.15) is 31.0 Å². The van der Waals surface area contributed by atoms with E-state index in [0.717, 1.165) is 37.2 Å². The van der Waals surface area contributed by atoms with Crippen LogP contribution < -0.4 is 5.32 Å². The molecule has 7 heteroatoms. The molecule has 23 heavy (non-hydrogen) atoms. The first-order chi connectivity index (χ1) is 11.0. The van der Waals surface area contributed by atoms with Gasteiger partial charge in [-0.1, -0.05) is 5.16 Å². The van der Waals surface area contributed by atoms with Crippen molar-refractivity contribution in [2.24, 2.45) is 0 Å². The number of nitrogens with zero attached hydrogens (tertiary/aromatic N) is 4. The van der Waals surface area contributed by atoms with Gasteiger partial charge >= 0.3 is 0 Å². The zero-order valence-electron chi connectivity index (χ0n) is 13.8. The summed E-state index contributed by atoms with van der Waals surface area (Å²) in [6.45, 7) is 7.53. The third-order valence-electron chi connectivity index (χ3n) is 4.33. The lowest BCUT2D eigenvalue weighted by molar-refractivity contribution is -0.121. The highest BCUT2D eigenvalue weighted by atomic mass is 16.5. The van der Waals surface area contributed by atoms with E-state index in [2.05, 4.69) is 20.5 Å². The monoisotopic (exact) mass is 317 g/mol. The molecule has 7 nitrogen and oxygen atoms in total. The molecule has 124 valence electrons. The van der Waals surface area contributed by atoms with Crippen molar-refractivity contribution in [3.8, 4) is 0 Å². The highest BCUT2D eigenvalue weighted by Crippen LogP contribution is 2.22. The molecule has 1 N–H and O–H groups in total. The van der Waals surface area contributed by atoms with Crippen LogP contribution in [0, 0.1) is 13.8 Å². The number of carbonyl (C=O) groups is 1. The van der Waals surface area contributed by atoms with Crippen LogP contribution in [0.15, 0.2) is 23.0 Å². The van der Waals surface area contributed by atoms with Crippen molar-refractivity contribution >= 4 is 11.8 Å². The summed E-state index contributed by atoms with van der Waals surface area (Å²) in [6.07, 6.45) is 6.09. The SMILES string of the molecule is Cc1cnn(C[C@H]2CCCN2[C@@H](C)C(=O)Nc2cc(C)no2)c1. The van der Waals surface area contributed by atoms with Crippen molar-refractivity contribution < 1.29 is 9.32 Å². The van der Waals surface area contributed by atoms with Crippen LogP contribution in [0.5, 0.6) is 0 Å². The van der Waals surface area contributed by atoms with Crippen molar-refractivity contribution in [2.75, 3.05) is 11.9 Å². The Kier molecular flexibility index (Phi) is 4.47. The molecule has 0 aromatic carbocycles. The Morgan fingerprint density at radius 2 is 2.35 bits per heavy atom. The zero-order chi connectivity index (χ0) is 16.4. The van der Waals surface area contributed by atoms with E-state index in [4.69, 9.17) is 4.52 Å². The minimum atomic E-state index is -0.218. The summed E-state index contributed by atoms with van der Waals surface area (Å²) in [6, 6.07) is 1.83. The van der Waals surface area contributed by atoms with Crippen LogP contribution in [0.2, 0.25) is 0 Å². The smallest absolute Gasteiger partial charge is 0.243 e. The minimum Gasteiger partial charge on any atom is -0.338 e. The number of aryl methyl sites for hydroxylation is 2. The van der Waals surface area contributed by atoms with Crippen molar-refractivity contribution in [3.63, 3.8) is 0 Å². The topological polar surface area (TPSA) is 76.2 Å². The maximum Gasteiger partial charge on any atom is 0.243 e. The number of hydrogen-bond donors (Lipinski definition) is 1. The van der Waals surface area contributed by atoms with Gasteiger partial charge in [-0.15, -0.1) is 0 Å². The number of aromatic nitrogens is 3. The van der Waals surface area contributed by atoms with E-state index < -0.39 is 0 Å². The summed E-state index contributed by atoms with van der Waals surface area (Å²) < 4.78 is 7.02. The molecule has 3 rings (SSSR count). The van der Waals surface area contributed by atoms with Gasteiger partial charge in [0.05, 0.1) is 24.5 Å². The molecular weight excluding hydrogens is 294 g/mol. The Balaban J connectivity index is 1.62. The van der Waals surface area contributed by atoms with Crippen molar-refractivity contribution in [1.82, 2.24) is 19.8 Å². The molecule has 0 unspecified atom stereocenters. The van der Waals surface area contributed by atoms with Crippen LogP contribution in [0.25, 0.3) is 0 Å². The Hall–Kier alpha value is -2.15. The van der Waals surface area contributed by atoms with Crippen molar-refractivity contribution in [3.05, 3.63) is 29.7 Å². The standard InChI is InChI=1S/C16H23N5O2/c1-11-8-17-20(9-11)10-14-5-4-6-21(14)13(3)16(22)18-15-7-12(2)19-23-15/h7-9,13-14H,4-6,10H2,1-3H3,(H,18,22)/t13-,14+/m0/s1. The Morgan fingerprint density at radius 1 is 1.52 bits per heavy atom. The summed E-state index contributed by atoms with van der Waals surface area (Å²) in [5, 5.41) is 10.9. The van der Waals surface area contributed by atoms with Gasteiger partial charge in [0.2, 0.25) is 11.8 Å². The summed E-state index contributed by atoms with van der Waals surface area (Å²) in [4.78, 5) is 14.7.